The second-order valence-electron chi connectivity index (χ2n) is 4.93. The number of nitrogens with zero attached hydrogens (tertiary/aromatic N) is 1. The van der Waals surface area contributed by atoms with Crippen LogP contribution in [0.2, 0.25) is 0 Å². The fourth-order valence-corrected chi connectivity index (χ4v) is 2.26. The number of aromatic nitrogens is 1. The van der Waals surface area contributed by atoms with Gasteiger partial charge in [-0.15, -0.1) is 0 Å². The van der Waals surface area contributed by atoms with E-state index in [-0.39, 0.29) is 5.56 Å². The lowest BCUT2D eigenvalue weighted by Gasteiger charge is -2.15. The Labute approximate surface area is 118 Å². The van der Waals surface area contributed by atoms with Crippen molar-refractivity contribution in [1.82, 2.24) is 4.98 Å². The van der Waals surface area contributed by atoms with Gasteiger partial charge in [0.1, 0.15) is 5.82 Å². The van der Waals surface area contributed by atoms with Crippen LogP contribution >= 0.6 is 0 Å². The largest absolute Gasteiger partial charge is 0.397 e. The number of aryl methyl sites for hydroxylation is 3. The Morgan fingerprint density at radius 3 is 2.30 bits per heavy atom. The quantitative estimate of drug-likeness (QED) is 0.798. The first-order valence-corrected chi connectivity index (χ1v) is 6.28. The van der Waals surface area contributed by atoms with E-state index >= 15 is 0 Å². The summed E-state index contributed by atoms with van der Waals surface area (Å²) in [5.41, 5.74) is 16.0. The van der Waals surface area contributed by atoms with E-state index in [0.29, 0.717) is 11.5 Å². The summed E-state index contributed by atoms with van der Waals surface area (Å²) >= 11 is 0. The zero-order chi connectivity index (χ0) is 14.9. The molecule has 0 radical (unpaired) electrons. The number of carbonyl (C=O) groups excluding carboxylic acids is 1. The second-order valence-corrected chi connectivity index (χ2v) is 4.93. The van der Waals surface area contributed by atoms with Crippen molar-refractivity contribution in [3.63, 3.8) is 0 Å². The van der Waals surface area contributed by atoms with Crippen molar-refractivity contribution in [2.24, 2.45) is 5.73 Å². The molecular weight excluding hydrogens is 252 g/mol. The van der Waals surface area contributed by atoms with E-state index in [1.165, 1.54) is 17.8 Å². The lowest BCUT2D eigenvalue weighted by molar-refractivity contribution is 0.100. The van der Waals surface area contributed by atoms with Gasteiger partial charge in [0.2, 0.25) is 0 Å². The summed E-state index contributed by atoms with van der Waals surface area (Å²) in [5, 5.41) is 3.18. The average molecular weight is 270 g/mol. The van der Waals surface area contributed by atoms with Crippen LogP contribution in [0.5, 0.6) is 0 Å². The van der Waals surface area contributed by atoms with Crippen LogP contribution in [0.15, 0.2) is 24.4 Å². The summed E-state index contributed by atoms with van der Waals surface area (Å²) in [6.07, 6.45) is 1.49. The van der Waals surface area contributed by atoms with E-state index < -0.39 is 5.91 Å². The van der Waals surface area contributed by atoms with Gasteiger partial charge in [-0.3, -0.25) is 4.79 Å². The highest BCUT2D eigenvalue weighted by Gasteiger charge is 2.12. The average Bonchev–Trinajstić information content (AvgIpc) is 2.34. The van der Waals surface area contributed by atoms with E-state index in [1.54, 1.807) is 0 Å². The number of carbonyl (C=O) groups is 1. The molecule has 5 N–H and O–H groups in total. The number of hydrogen-bond donors (Lipinski definition) is 3. The molecule has 2 aromatic rings. The molecule has 0 aliphatic carbocycles. The molecule has 5 nitrogen and oxygen atoms in total. The van der Waals surface area contributed by atoms with Crippen molar-refractivity contribution in [3.8, 4) is 0 Å². The van der Waals surface area contributed by atoms with Crippen LogP contribution in [0.25, 0.3) is 0 Å². The lowest BCUT2D eigenvalue weighted by atomic mass is 10.0. The van der Waals surface area contributed by atoms with Crippen LogP contribution in [0.3, 0.4) is 0 Å². The van der Waals surface area contributed by atoms with Crippen molar-refractivity contribution in [3.05, 3.63) is 46.6 Å². The minimum Gasteiger partial charge on any atom is -0.397 e. The van der Waals surface area contributed by atoms with Crippen molar-refractivity contribution >= 4 is 23.1 Å². The normalized spacial score (nSPS) is 10.3. The third-order valence-corrected chi connectivity index (χ3v) is 3.09. The van der Waals surface area contributed by atoms with E-state index in [4.69, 9.17) is 11.5 Å². The molecule has 1 aromatic carbocycles. The van der Waals surface area contributed by atoms with Gasteiger partial charge in [0.25, 0.3) is 5.91 Å². The van der Waals surface area contributed by atoms with E-state index in [0.717, 1.165) is 16.8 Å². The van der Waals surface area contributed by atoms with Gasteiger partial charge in [-0.1, -0.05) is 17.7 Å². The summed E-state index contributed by atoms with van der Waals surface area (Å²) in [5.74, 6) is -0.142. The van der Waals surface area contributed by atoms with E-state index in [9.17, 15) is 4.79 Å². The highest BCUT2D eigenvalue weighted by Crippen LogP contribution is 2.27. The fraction of sp³-hybridized carbons (Fsp3) is 0.200. The number of anilines is 3. The molecule has 0 fully saturated rings. The first-order chi connectivity index (χ1) is 9.38. The van der Waals surface area contributed by atoms with E-state index in [2.05, 4.69) is 22.4 Å². The number of pyridine rings is 1. The van der Waals surface area contributed by atoms with Gasteiger partial charge in [0, 0.05) is 5.69 Å². The van der Waals surface area contributed by atoms with Crippen LogP contribution < -0.4 is 16.8 Å². The first-order valence-electron chi connectivity index (χ1n) is 6.28. The molecule has 0 spiro atoms. The number of nitrogen functional groups attached to an aromatic ring is 1. The number of hydrogen-bond acceptors (Lipinski definition) is 4. The standard InChI is InChI=1S/C15H18N4O/c1-8-4-9(2)13(10(3)5-8)19-15-12(14(17)20)6-11(16)7-18-15/h4-7H,16H2,1-3H3,(H2,17,20)(H,18,19). The Morgan fingerprint density at radius 1 is 1.15 bits per heavy atom. The Hall–Kier alpha value is -2.56. The number of nitrogens with one attached hydrogen (secondary N) is 1. The maximum Gasteiger partial charge on any atom is 0.252 e. The highest BCUT2D eigenvalue weighted by atomic mass is 16.1. The fourth-order valence-electron chi connectivity index (χ4n) is 2.26. The van der Waals surface area contributed by atoms with Crippen molar-refractivity contribution in [2.75, 3.05) is 11.1 Å². The number of amides is 1. The van der Waals surface area contributed by atoms with Crippen molar-refractivity contribution in [2.45, 2.75) is 20.8 Å². The topological polar surface area (TPSA) is 94.0 Å². The predicted octanol–water partition coefficient (Wildman–Crippen LogP) is 2.43. The lowest BCUT2D eigenvalue weighted by Crippen LogP contribution is -2.15. The Morgan fingerprint density at radius 2 is 1.75 bits per heavy atom. The van der Waals surface area contributed by atoms with Crippen LogP contribution in [-0.4, -0.2) is 10.9 Å². The third kappa shape index (κ3) is 2.71. The van der Waals surface area contributed by atoms with Gasteiger partial charge in [0.15, 0.2) is 0 Å². The highest BCUT2D eigenvalue weighted by molar-refractivity contribution is 5.99. The molecule has 0 aliphatic heterocycles. The van der Waals surface area contributed by atoms with Crippen molar-refractivity contribution < 1.29 is 4.79 Å². The SMILES string of the molecule is Cc1cc(C)c(Nc2ncc(N)cc2C(N)=O)c(C)c1. The Balaban J connectivity index is 2.48. The van der Waals surface area contributed by atoms with Crippen LogP contribution in [-0.2, 0) is 0 Å². The molecule has 20 heavy (non-hydrogen) atoms. The van der Waals surface area contributed by atoms with Crippen LogP contribution in [0, 0.1) is 20.8 Å². The molecule has 2 rings (SSSR count). The van der Waals surface area contributed by atoms with Gasteiger partial charge in [-0.05, 0) is 38.0 Å². The molecule has 0 atom stereocenters. The van der Waals surface area contributed by atoms with Gasteiger partial charge >= 0.3 is 0 Å². The number of nitrogens with two attached hydrogens (primary N) is 2. The van der Waals surface area contributed by atoms with E-state index in [1.807, 2.05) is 20.8 Å². The molecule has 1 amide bonds. The minimum atomic E-state index is -0.560. The number of rotatable bonds is 3. The summed E-state index contributed by atoms with van der Waals surface area (Å²) in [6, 6.07) is 5.66. The molecule has 0 saturated carbocycles. The number of primary amides is 1. The molecule has 0 saturated heterocycles. The molecule has 0 unspecified atom stereocenters. The van der Waals surface area contributed by atoms with Gasteiger partial charge in [0.05, 0.1) is 17.4 Å². The molecule has 104 valence electrons. The smallest absolute Gasteiger partial charge is 0.252 e. The molecule has 0 bridgehead atoms. The molecule has 0 aliphatic rings. The Kier molecular flexibility index (Phi) is 3.61. The maximum atomic E-state index is 11.5. The van der Waals surface area contributed by atoms with Gasteiger partial charge in [-0.25, -0.2) is 4.98 Å². The number of benzene rings is 1. The second kappa shape index (κ2) is 5.21. The van der Waals surface area contributed by atoms with Gasteiger partial charge < -0.3 is 16.8 Å². The van der Waals surface area contributed by atoms with Crippen LogP contribution in [0.1, 0.15) is 27.0 Å². The molecular formula is C15H18N4O. The maximum absolute atomic E-state index is 11.5. The summed E-state index contributed by atoms with van der Waals surface area (Å²) in [4.78, 5) is 15.6. The first kappa shape index (κ1) is 13.9. The zero-order valence-corrected chi connectivity index (χ0v) is 11.8. The predicted molar refractivity (Wildman–Crippen MR) is 81.1 cm³/mol. The summed E-state index contributed by atoms with van der Waals surface area (Å²) in [7, 11) is 0. The summed E-state index contributed by atoms with van der Waals surface area (Å²) < 4.78 is 0. The molecule has 1 aromatic heterocycles. The zero-order valence-electron chi connectivity index (χ0n) is 11.8. The van der Waals surface area contributed by atoms with Crippen LogP contribution in [0.4, 0.5) is 17.2 Å². The molecule has 5 heteroatoms. The minimum absolute atomic E-state index is 0.282. The third-order valence-electron chi connectivity index (χ3n) is 3.09. The molecule has 1 heterocycles. The monoisotopic (exact) mass is 270 g/mol. The Bertz CT molecular complexity index is 657. The van der Waals surface area contributed by atoms with Gasteiger partial charge in [-0.2, -0.15) is 0 Å². The summed E-state index contributed by atoms with van der Waals surface area (Å²) in [6.45, 7) is 6.05. The van der Waals surface area contributed by atoms with Crippen molar-refractivity contribution in [1.29, 1.82) is 0 Å².